The third-order valence-electron chi connectivity index (χ3n) is 10.7. The van der Waals surface area contributed by atoms with Crippen LogP contribution in [0.2, 0.25) is 0 Å². The van der Waals surface area contributed by atoms with E-state index in [0.29, 0.717) is 85.7 Å². The van der Waals surface area contributed by atoms with E-state index in [0.717, 1.165) is 0 Å². The molecule has 0 amide bonds. The molecule has 0 spiro atoms. The molecule has 21 heteroatoms. The Bertz CT molecular complexity index is 2910. The summed E-state index contributed by atoms with van der Waals surface area (Å²) in [6.07, 6.45) is -1.69. The summed E-state index contributed by atoms with van der Waals surface area (Å²) in [7, 11) is -16.8. The molecule has 2 aromatic carbocycles. The summed E-state index contributed by atoms with van der Waals surface area (Å²) in [4.78, 5) is 96.0. The topological polar surface area (TPSA) is 297 Å². The van der Waals surface area contributed by atoms with Crippen LogP contribution in [0.25, 0.3) is 44.3 Å². The van der Waals surface area contributed by atoms with Crippen molar-refractivity contribution in [1.82, 2.24) is 19.9 Å². The predicted molar refractivity (Wildman–Crippen MR) is 235 cm³/mol. The molecule has 0 fully saturated rings. The van der Waals surface area contributed by atoms with E-state index in [1.165, 1.54) is 19.2 Å². The van der Waals surface area contributed by atoms with Gasteiger partial charge in [0.05, 0.1) is 43.0 Å². The van der Waals surface area contributed by atoms with Gasteiger partial charge in [-0.2, -0.15) is 0 Å². The largest absolute Gasteiger partial charge is 0.493 e. The molecule has 17 nitrogen and oxygen atoms in total. The molecule has 0 radical (unpaired) electrons. The Hall–Kier alpha value is -4.04. The van der Waals surface area contributed by atoms with E-state index < -0.39 is 65.9 Å². The van der Waals surface area contributed by atoms with Gasteiger partial charge in [-0.15, -0.1) is 0 Å². The fourth-order valence-electron chi connectivity index (χ4n) is 8.26. The van der Waals surface area contributed by atoms with E-state index in [1.807, 2.05) is 58.0 Å². The highest BCUT2D eigenvalue weighted by molar-refractivity contribution is 7.51. The van der Waals surface area contributed by atoms with Gasteiger partial charge in [-0.25, -0.2) is 0 Å². The van der Waals surface area contributed by atoms with Crippen LogP contribution in [0.5, 0.6) is 5.75 Å². The minimum absolute atomic E-state index is 0.186. The van der Waals surface area contributed by atoms with Gasteiger partial charge in [0.15, 0.2) is 5.75 Å². The van der Waals surface area contributed by atoms with Gasteiger partial charge in [-0.05, 0) is 63.7 Å². The van der Waals surface area contributed by atoms with Gasteiger partial charge in [0.1, 0.15) is 0 Å². The molecule has 0 atom stereocenters. The number of nitrogens with zero attached hydrogens (tertiary/aromatic N) is 2. The molecule has 62 heavy (non-hydrogen) atoms. The first kappa shape index (κ1) is 46.0. The lowest BCUT2D eigenvalue weighted by molar-refractivity contribution is 0.368. The number of nitrogens with one attached hydrogen (secondary N) is 2. The predicted octanol–water partition coefficient (Wildman–Crippen LogP) is 7.41. The quantitative estimate of drug-likeness (QED) is 0.0577. The monoisotopic (exact) mass is 928 g/mol. The van der Waals surface area contributed by atoms with Gasteiger partial charge in [0.25, 0.3) is 0 Å². The highest BCUT2D eigenvalue weighted by Gasteiger charge is 2.33. The molecule has 0 unspecified atom stereocenters. The molecule has 0 aliphatic carbocycles. The van der Waals surface area contributed by atoms with Crippen molar-refractivity contribution in [3.8, 4) is 28.0 Å². The molecule has 2 aliphatic heterocycles. The molecule has 0 saturated heterocycles. The van der Waals surface area contributed by atoms with Crippen LogP contribution in [0.3, 0.4) is 0 Å². The number of fused-ring (bicyclic) bond motifs is 8. The third-order valence-corrected chi connectivity index (χ3v) is 13.8. The Labute approximate surface area is 356 Å². The lowest BCUT2D eigenvalue weighted by Crippen LogP contribution is -2.15. The zero-order valence-corrected chi connectivity index (χ0v) is 38.0. The van der Waals surface area contributed by atoms with E-state index in [-0.39, 0.29) is 22.3 Å². The molecule has 330 valence electrons. The minimum Gasteiger partial charge on any atom is -0.493 e. The molecule has 5 heterocycles. The van der Waals surface area contributed by atoms with Gasteiger partial charge < -0.3 is 53.9 Å². The number of hydrogen-bond acceptors (Lipinski definition) is 7. The highest BCUT2D eigenvalue weighted by atomic mass is 31.2. The summed E-state index contributed by atoms with van der Waals surface area (Å²) >= 11 is 0. The maximum atomic E-state index is 12.2. The molecule has 0 saturated carbocycles. The van der Waals surface area contributed by atoms with E-state index in [1.54, 1.807) is 24.3 Å². The van der Waals surface area contributed by atoms with Crippen molar-refractivity contribution in [3.05, 3.63) is 112 Å². The Balaban J connectivity index is 1.55. The number of aromatic nitrogens is 4. The van der Waals surface area contributed by atoms with Crippen molar-refractivity contribution in [2.24, 2.45) is 0 Å². The van der Waals surface area contributed by atoms with Crippen molar-refractivity contribution in [3.63, 3.8) is 0 Å². The zero-order chi connectivity index (χ0) is 45.4. The molecule has 5 aromatic rings. The van der Waals surface area contributed by atoms with E-state index in [4.69, 9.17) is 14.7 Å². The lowest BCUT2D eigenvalue weighted by Gasteiger charge is -2.16. The van der Waals surface area contributed by atoms with Crippen LogP contribution in [0.15, 0.2) is 66.7 Å². The summed E-state index contributed by atoms with van der Waals surface area (Å²) in [5.41, 5.74) is 6.58. The van der Waals surface area contributed by atoms with Gasteiger partial charge in [0.2, 0.25) is 0 Å². The number of rotatable bonds is 11. The van der Waals surface area contributed by atoms with Gasteiger partial charge in [0, 0.05) is 68.4 Å². The van der Waals surface area contributed by atoms with Crippen molar-refractivity contribution in [2.75, 3.05) is 7.11 Å². The molecular weight excluding hydrogens is 880 g/mol. The first-order chi connectivity index (χ1) is 28.5. The highest BCUT2D eigenvalue weighted by Crippen LogP contribution is 2.47. The van der Waals surface area contributed by atoms with Crippen LogP contribution in [0, 0.1) is 0 Å². The van der Waals surface area contributed by atoms with E-state index in [9.17, 15) is 57.4 Å². The maximum Gasteiger partial charge on any atom is 0.329 e. The van der Waals surface area contributed by atoms with Gasteiger partial charge in [-0.1, -0.05) is 64.1 Å². The molecule has 3 aromatic heterocycles. The molecular formula is C41H48N4O13P4. The number of H-pyrrole nitrogens is 2. The Morgan fingerprint density at radius 1 is 0.548 bits per heavy atom. The SMILES string of the molecule is COc1c2nc(cc3cc(-c4cc(CP(=O)(O)O)cc(CP(=O)(O)O)c4)c(cc4nc(cc5cc(-c6cc(CP(=O)(O)O)cc(CP(=O)(O)O)c6)c1[nH]5)C(C)(C)C4)[nH]3)C(C)(C)C2. The average Bonchev–Trinajstić information content (AvgIpc) is 3.81. The van der Waals surface area contributed by atoms with Crippen molar-refractivity contribution in [2.45, 2.75) is 76.0 Å². The van der Waals surface area contributed by atoms with Crippen LogP contribution < -0.4 is 4.74 Å². The second-order valence-electron chi connectivity index (χ2n) is 17.5. The average molecular weight is 929 g/mol. The third kappa shape index (κ3) is 11.0. The fourth-order valence-corrected chi connectivity index (χ4v) is 10.9. The minimum atomic E-state index is -4.59. The summed E-state index contributed by atoms with van der Waals surface area (Å²) in [5.74, 6) is 0.362. The van der Waals surface area contributed by atoms with Crippen molar-refractivity contribution >= 4 is 52.4 Å². The van der Waals surface area contributed by atoms with Gasteiger partial charge >= 0.3 is 30.4 Å². The molecule has 10 N–H and O–H groups in total. The van der Waals surface area contributed by atoms with Crippen molar-refractivity contribution < 1.29 is 62.1 Å². The second-order valence-corrected chi connectivity index (χ2v) is 24.0. The Morgan fingerprint density at radius 3 is 1.44 bits per heavy atom. The first-order valence-corrected chi connectivity index (χ1v) is 26.5. The maximum absolute atomic E-state index is 12.2. The number of methoxy groups -OCH3 is 1. The Morgan fingerprint density at radius 2 is 0.968 bits per heavy atom. The zero-order valence-electron chi connectivity index (χ0n) is 34.4. The first-order valence-electron chi connectivity index (χ1n) is 19.3. The second kappa shape index (κ2) is 16.2. The summed E-state index contributed by atoms with van der Waals surface area (Å²) in [6.45, 7) is 8.06. The smallest absolute Gasteiger partial charge is 0.329 e. The van der Waals surface area contributed by atoms with Crippen LogP contribution in [-0.2, 0) is 66.6 Å². The lowest BCUT2D eigenvalue weighted by atomic mass is 9.86. The molecule has 7 rings (SSSR count). The normalized spacial score (nSPS) is 15.5. The van der Waals surface area contributed by atoms with Crippen LogP contribution in [0.4, 0.5) is 0 Å². The Kier molecular flexibility index (Phi) is 12.0. The van der Waals surface area contributed by atoms with Gasteiger partial charge in [-0.3, -0.25) is 28.2 Å². The van der Waals surface area contributed by atoms with E-state index in [2.05, 4.69) is 9.97 Å². The number of benzene rings is 2. The fraction of sp³-hybridized carbons (Fsp3) is 0.317. The summed E-state index contributed by atoms with van der Waals surface area (Å²) in [5, 5.41) is 0. The number of ether oxygens (including phenoxy) is 1. The number of aromatic amines is 2. The van der Waals surface area contributed by atoms with Crippen LogP contribution in [-0.4, -0.2) is 66.2 Å². The summed E-state index contributed by atoms with van der Waals surface area (Å²) < 4.78 is 54.7. The van der Waals surface area contributed by atoms with E-state index >= 15 is 0 Å². The molecule has 2 aliphatic rings. The molecule has 8 bridgehead atoms. The van der Waals surface area contributed by atoms with Crippen LogP contribution in [0.1, 0.15) is 72.7 Å². The standard InChI is InChI=1S/C41H48N4O13P4/c1-40(2)17-31-14-34-32(27-8-23(19-59(46,47)48)6-24(9-27)20-60(49,50)51)12-29(42-34)15-37-41(3,4)18-35(45-37)39(58-5)38-33(13-30(44-38)16-36(40)43-31)28-10-25(21-61(52,53)54)7-26(11-28)22-62(55,56)57/h6-16,42,44H,17-22H2,1-5H3,(H2,46,47,48)(H2,49,50,51)(H2,52,53,54)(H2,55,56,57). The summed E-state index contributed by atoms with van der Waals surface area (Å²) in [6, 6.07) is 18.4. The van der Waals surface area contributed by atoms with Crippen molar-refractivity contribution in [1.29, 1.82) is 0 Å². The number of hydrogen-bond donors (Lipinski definition) is 10. The van der Waals surface area contributed by atoms with Crippen LogP contribution >= 0.6 is 30.4 Å².